The van der Waals surface area contributed by atoms with E-state index in [2.05, 4.69) is 18.8 Å². The van der Waals surface area contributed by atoms with E-state index in [4.69, 9.17) is 5.11 Å². The summed E-state index contributed by atoms with van der Waals surface area (Å²) >= 11 is 1.58. The molecule has 0 saturated heterocycles. The average molecular weight is 171 g/mol. The van der Waals surface area contributed by atoms with Gasteiger partial charge in [0.1, 0.15) is 5.01 Å². The maximum Gasteiger partial charge on any atom is 0.119 e. The molecular weight excluding hydrogens is 158 g/mol. The Morgan fingerprint density at radius 1 is 1.55 bits per heavy atom. The van der Waals surface area contributed by atoms with Crippen molar-refractivity contribution in [2.24, 2.45) is 0 Å². The number of aliphatic hydroxyl groups is 1. The summed E-state index contributed by atoms with van der Waals surface area (Å²) in [6.45, 7) is 6.34. The fourth-order valence-electron chi connectivity index (χ4n) is 1.07. The molecule has 1 aromatic rings. The topological polar surface area (TPSA) is 33.1 Å². The second-order valence-corrected chi connectivity index (χ2v) is 4.15. The van der Waals surface area contributed by atoms with Gasteiger partial charge in [-0.05, 0) is 12.8 Å². The van der Waals surface area contributed by atoms with Gasteiger partial charge in [0.05, 0.1) is 12.3 Å². The van der Waals surface area contributed by atoms with Crippen LogP contribution in [-0.4, -0.2) is 10.1 Å². The minimum absolute atomic E-state index is 0.0677. The summed E-state index contributed by atoms with van der Waals surface area (Å²) in [7, 11) is 0. The number of aryl methyl sites for hydroxylation is 1. The van der Waals surface area contributed by atoms with Crippen LogP contribution in [0.1, 0.15) is 35.3 Å². The van der Waals surface area contributed by atoms with E-state index >= 15 is 0 Å². The van der Waals surface area contributed by atoms with Gasteiger partial charge >= 0.3 is 0 Å². The second kappa shape index (κ2) is 3.32. The fraction of sp³-hybridized carbons (Fsp3) is 0.625. The Hall–Kier alpha value is -0.410. The second-order valence-electron chi connectivity index (χ2n) is 2.86. The Bertz CT molecular complexity index is 242. The summed E-state index contributed by atoms with van der Waals surface area (Å²) in [6.07, 6.45) is 0. The molecule has 0 aromatic carbocycles. The van der Waals surface area contributed by atoms with Gasteiger partial charge in [-0.3, -0.25) is 0 Å². The number of thiazole rings is 1. The lowest BCUT2D eigenvalue weighted by Gasteiger charge is -1.99. The van der Waals surface area contributed by atoms with Crippen molar-refractivity contribution < 1.29 is 5.11 Å². The van der Waals surface area contributed by atoms with Crippen molar-refractivity contribution in [1.29, 1.82) is 0 Å². The van der Waals surface area contributed by atoms with Crippen molar-refractivity contribution in [3.8, 4) is 0 Å². The van der Waals surface area contributed by atoms with E-state index in [0.29, 0.717) is 5.92 Å². The van der Waals surface area contributed by atoms with Crippen LogP contribution >= 0.6 is 11.3 Å². The van der Waals surface area contributed by atoms with Gasteiger partial charge in [-0.1, -0.05) is 13.8 Å². The molecular formula is C8H13NOS. The SMILES string of the molecule is Cc1sc(CO)nc1C(C)C. The van der Waals surface area contributed by atoms with Crippen LogP contribution in [0.25, 0.3) is 0 Å². The van der Waals surface area contributed by atoms with Crippen molar-refractivity contribution >= 4 is 11.3 Å². The molecule has 2 nitrogen and oxygen atoms in total. The monoisotopic (exact) mass is 171 g/mol. The number of aliphatic hydroxyl groups excluding tert-OH is 1. The molecule has 3 heteroatoms. The van der Waals surface area contributed by atoms with E-state index in [9.17, 15) is 0 Å². The Labute approximate surface area is 70.9 Å². The zero-order valence-electron chi connectivity index (χ0n) is 7.09. The van der Waals surface area contributed by atoms with Crippen LogP contribution in [0.5, 0.6) is 0 Å². The minimum Gasteiger partial charge on any atom is -0.389 e. The minimum atomic E-state index is 0.0677. The van der Waals surface area contributed by atoms with Crippen molar-refractivity contribution in [3.63, 3.8) is 0 Å². The first-order valence-electron chi connectivity index (χ1n) is 3.72. The highest BCUT2D eigenvalue weighted by Crippen LogP contribution is 2.23. The predicted molar refractivity (Wildman–Crippen MR) is 46.9 cm³/mol. The molecule has 0 aliphatic rings. The zero-order chi connectivity index (χ0) is 8.43. The Kier molecular flexibility index (Phi) is 2.62. The lowest BCUT2D eigenvalue weighted by atomic mass is 10.1. The summed E-state index contributed by atoms with van der Waals surface area (Å²) in [5.74, 6) is 0.464. The molecule has 0 unspecified atom stereocenters. The molecule has 11 heavy (non-hydrogen) atoms. The third-order valence-corrected chi connectivity index (χ3v) is 2.53. The summed E-state index contributed by atoms with van der Waals surface area (Å²) in [6, 6.07) is 0. The predicted octanol–water partition coefficient (Wildman–Crippen LogP) is 2.07. The molecule has 0 fully saturated rings. The molecule has 0 atom stereocenters. The quantitative estimate of drug-likeness (QED) is 0.739. The largest absolute Gasteiger partial charge is 0.389 e. The Morgan fingerprint density at radius 3 is 2.45 bits per heavy atom. The van der Waals surface area contributed by atoms with E-state index in [1.54, 1.807) is 11.3 Å². The molecule has 0 aliphatic heterocycles. The van der Waals surface area contributed by atoms with Crippen molar-refractivity contribution in [2.45, 2.75) is 33.3 Å². The van der Waals surface area contributed by atoms with Crippen LogP contribution < -0.4 is 0 Å². The molecule has 1 N–H and O–H groups in total. The highest BCUT2D eigenvalue weighted by molar-refractivity contribution is 7.11. The van der Waals surface area contributed by atoms with Gasteiger partial charge in [0.2, 0.25) is 0 Å². The molecule has 1 heterocycles. The summed E-state index contributed by atoms with van der Waals surface area (Å²) < 4.78 is 0. The fourth-order valence-corrected chi connectivity index (χ4v) is 2.02. The molecule has 0 amide bonds. The molecule has 1 rings (SSSR count). The van der Waals surface area contributed by atoms with Crippen molar-refractivity contribution in [1.82, 2.24) is 4.98 Å². The van der Waals surface area contributed by atoms with E-state index in [0.717, 1.165) is 10.7 Å². The van der Waals surface area contributed by atoms with Crippen molar-refractivity contribution in [3.05, 3.63) is 15.6 Å². The van der Waals surface area contributed by atoms with Gasteiger partial charge in [0.25, 0.3) is 0 Å². The van der Waals surface area contributed by atoms with Gasteiger partial charge in [0, 0.05) is 4.88 Å². The molecule has 0 saturated carbocycles. The van der Waals surface area contributed by atoms with Crippen LogP contribution in [-0.2, 0) is 6.61 Å². The maximum atomic E-state index is 8.81. The Balaban J connectivity index is 2.97. The molecule has 0 aliphatic carbocycles. The number of aromatic nitrogens is 1. The number of hydrogen-bond acceptors (Lipinski definition) is 3. The molecule has 1 aromatic heterocycles. The molecule has 0 radical (unpaired) electrons. The lowest BCUT2D eigenvalue weighted by Crippen LogP contribution is -1.90. The molecule has 0 spiro atoms. The van der Waals surface area contributed by atoms with E-state index in [1.165, 1.54) is 4.88 Å². The lowest BCUT2D eigenvalue weighted by molar-refractivity contribution is 0.281. The first kappa shape index (κ1) is 8.68. The van der Waals surface area contributed by atoms with Gasteiger partial charge in [-0.25, -0.2) is 4.98 Å². The number of rotatable bonds is 2. The first-order chi connectivity index (χ1) is 5.15. The van der Waals surface area contributed by atoms with Gasteiger partial charge in [-0.15, -0.1) is 11.3 Å². The van der Waals surface area contributed by atoms with Crippen molar-refractivity contribution in [2.75, 3.05) is 0 Å². The van der Waals surface area contributed by atoms with E-state index < -0.39 is 0 Å². The standard InChI is InChI=1S/C8H13NOS/c1-5(2)8-6(3)11-7(4-10)9-8/h5,10H,4H2,1-3H3. The van der Waals surface area contributed by atoms with Crippen LogP contribution in [0.4, 0.5) is 0 Å². The van der Waals surface area contributed by atoms with Crippen LogP contribution in [0, 0.1) is 6.92 Å². The number of hydrogen-bond donors (Lipinski definition) is 1. The highest BCUT2D eigenvalue weighted by Gasteiger charge is 2.09. The third kappa shape index (κ3) is 1.79. The maximum absolute atomic E-state index is 8.81. The van der Waals surface area contributed by atoms with E-state index in [-0.39, 0.29) is 6.61 Å². The normalized spacial score (nSPS) is 11.0. The Morgan fingerprint density at radius 2 is 2.18 bits per heavy atom. The molecule has 0 bridgehead atoms. The summed E-state index contributed by atoms with van der Waals surface area (Å²) in [5, 5.41) is 9.63. The van der Waals surface area contributed by atoms with E-state index in [1.807, 2.05) is 6.92 Å². The summed E-state index contributed by atoms with van der Waals surface area (Å²) in [4.78, 5) is 5.52. The average Bonchev–Trinajstić information content (AvgIpc) is 2.30. The first-order valence-corrected chi connectivity index (χ1v) is 4.54. The van der Waals surface area contributed by atoms with Crippen LogP contribution in [0.15, 0.2) is 0 Å². The number of nitrogens with zero attached hydrogens (tertiary/aromatic N) is 1. The highest BCUT2D eigenvalue weighted by atomic mass is 32.1. The smallest absolute Gasteiger partial charge is 0.119 e. The third-order valence-electron chi connectivity index (χ3n) is 1.56. The summed E-state index contributed by atoms with van der Waals surface area (Å²) in [5.41, 5.74) is 1.12. The van der Waals surface area contributed by atoms with Crippen LogP contribution in [0.2, 0.25) is 0 Å². The van der Waals surface area contributed by atoms with Gasteiger partial charge in [0.15, 0.2) is 0 Å². The van der Waals surface area contributed by atoms with Gasteiger partial charge in [-0.2, -0.15) is 0 Å². The molecule has 62 valence electrons. The van der Waals surface area contributed by atoms with Gasteiger partial charge < -0.3 is 5.11 Å². The van der Waals surface area contributed by atoms with Crippen LogP contribution in [0.3, 0.4) is 0 Å². The zero-order valence-corrected chi connectivity index (χ0v) is 7.90.